The van der Waals surface area contributed by atoms with Crippen molar-refractivity contribution in [2.45, 2.75) is 39.5 Å². The number of urea groups is 1. The topological polar surface area (TPSA) is 41.1 Å². The van der Waals surface area contributed by atoms with E-state index in [2.05, 4.69) is 17.6 Å². The van der Waals surface area contributed by atoms with E-state index < -0.39 is 0 Å². The molecule has 0 unspecified atom stereocenters. The number of carbonyl (C=O) groups excluding carboxylic acids is 1. The minimum absolute atomic E-state index is 0.174. The second kappa shape index (κ2) is 6.41. The van der Waals surface area contributed by atoms with Crippen LogP contribution in [0.1, 0.15) is 38.2 Å². The van der Waals surface area contributed by atoms with Crippen molar-refractivity contribution in [3.05, 3.63) is 41.6 Å². The van der Waals surface area contributed by atoms with Gasteiger partial charge < -0.3 is 10.6 Å². The van der Waals surface area contributed by atoms with Crippen LogP contribution in [-0.2, 0) is 0 Å². The number of allylic oxidation sites excluding steroid dienone is 1. The summed E-state index contributed by atoms with van der Waals surface area (Å²) in [4.78, 5) is 11.8. The summed E-state index contributed by atoms with van der Waals surface area (Å²) in [6.45, 7) is 4.08. The molecule has 2 amide bonds. The number of amides is 2. The van der Waals surface area contributed by atoms with Crippen LogP contribution in [0.4, 0.5) is 10.5 Å². The smallest absolute Gasteiger partial charge is 0.314 e. The van der Waals surface area contributed by atoms with Gasteiger partial charge in [0.05, 0.1) is 0 Å². The predicted octanol–water partition coefficient (Wildman–Crippen LogP) is 4.21. The van der Waals surface area contributed by atoms with Crippen LogP contribution < -0.4 is 10.6 Å². The Morgan fingerprint density at radius 2 is 1.95 bits per heavy atom. The maximum absolute atomic E-state index is 11.8. The third-order valence-corrected chi connectivity index (χ3v) is 3.82. The summed E-state index contributed by atoms with van der Waals surface area (Å²) in [6.07, 6.45) is 6.98. The maximum Gasteiger partial charge on any atom is 0.323 e. The van der Waals surface area contributed by atoms with Crippen molar-refractivity contribution in [3.8, 4) is 0 Å². The van der Waals surface area contributed by atoms with Crippen LogP contribution in [0.25, 0.3) is 0 Å². The molecule has 3 heteroatoms. The molecule has 0 atom stereocenters. The number of carbonyl (C=O) groups is 1. The van der Waals surface area contributed by atoms with Crippen molar-refractivity contribution in [2.75, 3.05) is 5.32 Å². The van der Waals surface area contributed by atoms with Gasteiger partial charge in [-0.2, -0.15) is 0 Å². The standard InChI is InChI=1S/C16H22N2O/c1-12-7-3-6-10-15(12)18-16(19)17-11-13(2)14-8-4-5-9-14/h3,6-7,10-11,14H,4-5,8-9H2,1-2H3,(H2,17,18,19)/b13-11+. The molecular formula is C16H22N2O. The van der Waals surface area contributed by atoms with E-state index in [9.17, 15) is 4.79 Å². The number of aryl methyl sites for hydroxylation is 1. The molecule has 3 nitrogen and oxygen atoms in total. The number of benzene rings is 1. The lowest BCUT2D eigenvalue weighted by Gasteiger charge is -2.11. The van der Waals surface area contributed by atoms with Crippen molar-refractivity contribution in [2.24, 2.45) is 5.92 Å². The van der Waals surface area contributed by atoms with Crippen LogP contribution in [0.3, 0.4) is 0 Å². The first kappa shape index (κ1) is 13.7. The fourth-order valence-electron chi connectivity index (χ4n) is 2.55. The van der Waals surface area contributed by atoms with Crippen LogP contribution in [0, 0.1) is 12.8 Å². The fraction of sp³-hybridized carbons (Fsp3) is 0.438. The second-order valence-electron chi connectivity index (χ2n) is 5.28. The van der Waals surface area contributed by atoms with Gasteiger partial charge in [-0.15, -0.1) is 0 Å². The van der Waals surface area contributed by atoms with Crippen LogP contribution in [0.2, 0.25) is 0 Å². The van der Waals surface area contributed by atoms with E-state index in [1.165, 1.54) is 31.3 Å². The highest BCUT2D eigenvalue weighted by atomic mass is 16.2. The van der Waals surface area contributed by atoms with Crippen molar-refractivity contribution in [3.63, 3.8) is 0 Å². The van der Waals surface area contributed by atoms with Gasteiger partial charge in [0.25, 0.3) is 0 Å². The summed E-state index contributed by atoms with van der Waals surface area (Å²) in [5.74, 6) is 0.652. The SMILES string of the molecule is C/C(=C\NC(=O)Nc1ccccc1C)C1CCCC1. The van der Waals surface area contributed by atoms with Gasteiger partial charge in [-0.1, -0.05) is 36.6 Å². The molecular weight excluding hydrogens is 236 g/mol. The first-order chi connectivity index (χ1) is 9.16. The highest BCUT2D eigenvalue weighted by Crippen LogP contribution is 2.30. The summed E-state index contributed by atoms with van der Waals surface area (Å²) in [5.41, 5.74) is 3.19. The van der Waals surface area contributed by atoms with Gasteiger partial charge in [0.2, 0.25) is 0 Å². The molecule has 19 heavy (non-hydrogen) atoms. The molecule has 0 spiro atoms. The number of para-hydroxylation sites is 1. The monoisotopic (exact) mass is 258 g/mol. The predicted molar refractivity (Wildman–Crippen MR) is 79.0 cm³/mol. The lowest BCUT2D eigenvalue weighted by molar-refractivity contribution is 0.255. The lowest BCUT2D eigenvalue weighted by Crippen LogP contribution is -2.25. The van der Waals surface area contributed by atoms with Crippen molar-refractivity contribution >= 4 is 11.7 Å². The number of hydrogen-bond donors (Lipinski definition) is 2. The summed E-state index contributed by atoms with van der Waals surface area (Å²) >= 11 is 0. The maximum atomic E-state index is 11.8. The zero-order valence-corrected chi connectivity index (χ0v) is 11.7. The molecule has 1 saturated carbocycles. The highest BCUT2D eigenvalue weighted by molar-refractivity contribution is 5.90. The second-order valence-corrected chi connectivity index (χ2v) is 5.28. The van der Waals surface area contributed by atoms with E-state index in [1.54, 1.807) is 0 Å². The van der Waals surface area contributed by atoms with Gasteiger partial charge >= 0.3 is 6.03 Å². The van der Waals surface area contributed by atoms with Crippen LogP contribution in [-0.4, -0.2) is 6.03 Å². The van der Waals surface area contributed by atoms with E-state index in [0.29, 0.717) is 5.92 Å². The van der Waals surface area contributed by atoms with Crippen LogP contribution in [0.5, 0.6) is 0 Å². The van der Waals surface area contributed by atoms with E-state index >= 15 is 0 Å². The first-order valence-electron chi connectivity index (χ1n) is 6.96. The number of hydrogen-bond acceptors (Lipinski definition) is 1. The van der Waals surface area contributed by atoms with Gasteiger partial charge in [-0.25, -0.2) is 4.79 Å². The van der Waals surface area contributed by atoms with E-state index in [1.807, 2.05) is 37.4 Å². The third kappa shape index (κ3) is 3.85. The molecule has 1 fully saturated rings. The average molecular weight is 258 g/mol. The van der Waals surface area contributed by atoms with Gasteiger partial charge in [0, 0.05) is 11.9 Å². The molecule has 0 saturated heterocycles. The molecule has 1 aromatic carbocycles. The Balaban J connectivity index is 1.87. The molecule has 2 N–H and O–H groups in total. The molecule has 1 aliphatic carbocycles. The highest BCUT2D eigenvalue weighted by Gasteiger charge is 2.16. The third-order valence-electron chi connectivity index (χ3n) is 3.82. The van der Waals surface area contributed by atoms with E-state index in [0.717, 1.165) is 11.3 Å². The van der Waals surface area contributed by atoms with Gasteiger partial charge in [-0.05, 0) is 44.2 Å². The molecule has 0 heterocycles. The van der Waals surface area contributed by atoms with Gasteiger partial charge in [0.1, 0.15) is 0 Å². The molecule has 0 bridgehead atoms. The quantitative estimate of drug-likeness (QED) is 0.837. The summed E-state index contributed by atoms with van der Waals surface area (Å²) in [7, 11) is 0. The molecule has 0 aromatic heterocycles. The number of rotatable bonds is 3. The molecule has 102 valence electrons. The number of nitrogens with one attached hydrogen (secondary N) is 2. The molecule has 1 aliphatic rings. The zero-order valence-electron chi connectivity index (χ0n) is 11.7. The van der Waals surface area contributed by atoms with Crippen molar-refractivity contribution < 1.29 is 4.79 Å². The zero-order chi connectivity index (χ0) is 13.7. The first-order valence-corrected chi connectivity index (χ1v) is 6.96. The largest absolute Gasteiger partial charge is 0.323 e. The Hall–Kier alpha value is -1.77. The summed E-state index contributed by atoms with van der Waals surface area (Å²) in [6, 6.07) is 7.59. The Labute approximate surface area is 115 Å². The Kier molecular flexibility index (Phi) is 4.61. The van der Waals surface area contributed by atoms with Gasteiger partial charge in [0.15, 0.2) is 0 Å². The molecule has 1 aromatic rings. The summed E-state index contributed by atoms with van der Waals surface area (Å²) in [5, 5.41) is 5.68. The Morgan fingerprint density at radius 1 is 1.26 bits per heavy atom. The normalized spacial score (nSPS) is 16.4. The summed E-state index contributed by atoms with van der Waals surface area (Å²) < 4.78 is 0. The van der Waals surface area contributed by atoms with Crippen LogP contribution in [0.15, 0.2) is 36.0 Å². The van der Waals surface area contributed by atoms with Crippen molar-refractivity contribution in [1.29, 1.82) is 0 Å². The molecule has 0 aliphatic heterocycles. The van der Waals surface area contributed by atoms with E-state index in [-0.39, 0.29) is 6.03 Å². The average Bonchev–Trinajstić information content (AvgIpc) is 2.93. The Bertz CT molecular complexity index is 473. The van der Waals surface area contributed by atoms with E-state index in [4.69, 9.17) is 0 Å². The van der Waals surface area contributed by atoms with Crippen LogP contribution >= 0.6 is 0 Å². The molecule has 2 rings (SSSR count). The molecule has 0 radical (unpaired) electrons. The number of anilines is 1. The minimum Gasteiger partial charge on any atom is -0.314 e. The Morgan fingerprint density at radius 3 is 2.63 bits per heavy atom. The lowest BCUT2D eigenvalue weighted by atomic mass is 10.0. The van der Waals surface area contributed by atoms with Gasteiger partial charge in [-0.3, -0.25) is 0 Å². The fourth-order valence-corrected chi connectivity index (χ4v) is 2.55. The minimum atomic E-state index is -0.174. The van der Waals surface area contributed by atoms with Crippen molar-refractivity contribution in [1.82, 2.24) is 5.32 Å².